The quantitative estimate of drug-likeness (QED) is 0.312. The summed E-state index contributed by atoms with van der Waals surface area (Å²) in [4.78, 5) is 13.6. The van der Waals surface area contributed by atoms with Gasteiger partial charge in [-0.15, -0.1) is 0 Å². The lowest BCUT2D eigenvalue weighted by Crippen LogP contribution is -2.01. The summed E-state index contributed by atoms with van der Waals surface area (Å²) in [5, 5.41) is 10.1. The first-order valence-electron chi connectivity index (χ1n) is 11.7. The summed E-state index contributed by atoms with van der Waals surface area (Å²) in [6.45, 7) is 8.46. The van der Waals surface area contributed by atoms with Gasteiger partial charge in [-0.3, -0.25) is 9.97 Å². The van der Waals surface area contributed by atoms with Crippen LogP contribution in [0.4, 0.5) is 0 Å². The van der Waals surface area contributed by atoms with Crippen molar-refractivity contribution in [1.82, 2.24) is 19.5 Å². The van der Waals surface area contributed by atoms with Crippen LogP contribution in [0.15, 0.2) is 42.7 Å². The van der Waals surface area contributed by atoms with E-state index in [1.54, 1.807) is 25.6 Å². The minimum Gasteiger partial charge on any atom is -0.495 e. The van der Waals surface area contributed by atoms with Gasteiger partial charge in [-0.1, -0.05) is 53.4 Å². The maximum Gasteiger partial charge on any atom is 0.137 e. The number of methoxy groups -OCH3 is 1. The van der Waals surface area contributed by atoms with Gasteiger partial charge in [0.1, 0.15) is 17.1 Å². The maximum atomic E-state index is 9.17. The summed E-state index contributed by atoms with van der Waals surface area (Å²) in [7, 11) is 3.60. The van der Waals surface area contributed by atoms with E-state index in [9.17, 15) is 0 Å². The molecule has 4 rings (SSSR count). The summed E-state index contributed by atoms with van der Waals surface area (Å²) in [5.41, 5.74) is 4.17. The topological polar surface area (TPSA) is 76.6 Å². The Morgan fingerprint density at radius 1 is 0.970 bits per heavy atom. The number of hydrogen-bond acceptors (Lipinski definition) is 5. The number of rotatable bonds is 6. The lowest BCUT2D eigenvalue weighted by molar-refractivity contribution is 0.412. The molecule has 174 valence electrons. The Kier molecular flexibility index (Phi) is 10.3. The van der Waals surface area contributed by atoms with Crippen LogP contribution in [-0.2, 0) is 13.5 Å². The molecule has 0 atom stereocenters. The fraction of sp³-hybridized carbons (Fsp3) is 0.407. The maximum absolute atomic E-state index is 9.17. The molecule has 0 spiro atoms. The van der Waals surface area contributed by atoms with Crippen LogP contribution in [0.3, 0.4) is 0 Å². The number of pyridine rings is 2. The summed E-state index contributed by atoms with van der Waals surface area (Å²) >= 11 is 0. The van der Waals surface area contributed by atoms with E-state index in [0.717, 1.165) is 39.2 Å². The fourth-order valence-electron chi connectivity index (χ4n) is 3.47. The van der Waals surface area contributed by atoms with E-state index in [0.29, 0.717) is 12.0 Å². The van der Waals surface area contributed by atoms with Crippen LogP contribution in [0.1, 0.15) is 70.5 Å². The van der Waals surface area contributed by atoms with Gasteiger partial charge in [0.15, 0.2) is 0 Å². The molecule has 0 aliphatic rings. The highest BCUT2D eigenvalue weighted by Gasteiger charge is 2.13. The Balaban J connectivity index is 0.000000421. The van der Waals surface area contributed by atoms with Crippen molar-refractivity contribution < 1.29 is 4.74 Å². The van der Waals surface area contributed by atoms with Gasteiger partial charge in [0.05, 0.1) is 42.2 Å². The van der Waals surface area contributed by atoms with Gasteiger partial charge in [-0.2, -0.15) is 5.26 Å². The summed E-state index contributed by atoms with van der Waals surface area (Å²) in [6, 6.07) is 11.5. The number of unbranched alkanes of at least 4 members (excludes halogenated alkanes) is 3. The molecule has 6 heteroatoms. The molecule has 0 aliphatic heterocycles. The van der Waals surface area contributed by atoms with Gasteiger partial charge >= 0.3 is 0 Å². The van der Waals surface area contributed by atoms with Crippen molar-refractivity contribution in [3.05, 3.63) is 59.8 Å². The molecule has 0 N–H and O–H groups in total. The predicted molar refractivity (Wildman–Crippen MR) is 135 cm³/mol. The average molecular weight is 446 g/mol. The van der Waals surface area contributed by atoms with Crippen molar-refractivity contribution in [3.8, 4) is 11.8 Å². The van der Waals surface area contributed by atoms with E-state index >= 15 is 0 Å². The molecular formula is C27H35N5O. The Morgan fingerprint density at radius 3 is 2.27 bits per heavy atom. The molecular weight excluding hydrogens is 410 g/mol. The lowest BCUT2D eigenvalue weighted by Gasteiger charge is -2.05. The second-order valence-electron chi connectivity index (χ2n) is 7.50. The third-order valence-electron chi connectivity index (χ3n) is 5.25. The molecule has 0 saturated carbocycles. The zero-order chi connectivity index (χ0) is 24.2. The van der Waals surface area contributed by atoms with E-state index in [-0.39, 0.29) is 0 Å². The van der Waals surface area contributed by atoms with Crippen molar-refractivity contribution in [1.29, 1.82) is 5.26 Å². The summed E-state index contributed by atoms with van der Waals surface area (Å²) < 4.78 is 7.19. The van der Waals surface area contributed by atoms with Gasteiger partial charge in [0.25, 0.3) is 0 Å². The molecule has 1 aromatic carbocycles. The number of hydrogen-bond donors (Lipinski definition) is 0. The van der Waals surface area contributed by atoms with Crippen molar-refractivity contribution >= 4 is 21.9 Å². The van der Waals surface area contributed by atoms with Crippen LogP contribution in [0.2, 0.25) is 0 Å². The van der Waals surface area contributed by atoms with Gasteiger partial charge in [0.2, 0.25) is 0 Å². The molecule has 0 fully saturated rings. The monoisotopic (exact) mass is 445 g/mol. The Labute approximate surface area is 197 Å². The van der Waals surface area contributed by atoms with Crippen molar-refractivity contribution in [2.75, 3.05) is 7.11 Å². The molecule has 6 nitrogen and oxygen atoms in total. The van der Waals surface area contributed by atoms with E-state index < -0.39 is 0 Å². The van der Waals surface area contributed by atoms with Gasteiger partial charge in [-0.25, -0.2) is 4.98 Å². The number of nitriles is 1. The Morgan fingerprint density at radius 2 is 1.70 bits per heavy atom. The second kappa shape index (κ2) is 13.2. The van der Waals surface area contributed by atoms with Crippen LogP contribution in [0.25, 0.3) is 21.9 Å². The lowest BCUT2D eigenvalue weighted by atomic mass is 10.1. The van der Waals surface area contributed by atoms with E-state index in [4.69, 9.17) is 15.0 Å². The predicted octanol–water partition coefficient (Wildman–Crippen LogP) is 6.60. The van der Waals surface area contributed by atoms with Crippen molar-refractivity contribution in [2.24, 2.45) is 7.05 Å². The summed E-state index contributed by atoms with van der Waals surface area (Å²) in [5.74, 6) is 1.62. The summed E-state index contributed by atoms with van der Waals surface area (Å²) in [6.07, 6.45) is 9.62. The molecule has 0 aliphatic carbocycles. The minimum atomic E-state index is 0.606. The molecule has 3 aromatic heterocycles. The number of ether oxygens (including phenoxy) is 1. The largest absolute Gasteiger partial charge is 0.495 e. The SMILES string of the molecule is CC.CCCCCC.COc1ccc(Cc2nc3cnc4ccc(C#N)cc4c3n2C)nc1. The van der Waals surface area contributed by atoms with E-state index in [1.807, 2.05) is 49.7 Å². The first-order valence-corrected chi connectivity index (χ1v) is 11.7. The minimum absolute atomic E-state index is 0.606. The normalized spacial score (nSPS) is 10.1. The molecule has 4 aromatic rings. The Hall–Kier alpha value is -3.46. The van der Waals surface area contributed by atoms with E-state index in [1.165, 1.54) is 25.7 Å². The van der Waals surface area contributed by atoms with Crippen LogP contribution < -0.4 is 4.74 Å². The first-order chi connectivity index (χ1) is 16.1. The first kappa shape index (κ1) is 25.8. The molecule has 0 bridgehead atoms. The van der Waals surface area contributed by atoms with Gasteiger partial charge in [0, 0.05) is 24.5 Å². The third kappa shape index (κ3) is 6.52. The van der Waals surface area contributed by atoms with Gasteiger partial charge < -0.3 is 9.30 Å². The van der Waals surface area contributed by atoms with Crippen LogP contribution >= 0.6 is 0 Å². The number of fused-ring (bicyclic) bond motifs is 3. The number of nitrogens with zero attached hydrogens (tertiary/aromatic N) is 5. The highest BCUT2D eigenvalue weighted by molar-refractivity contribution is 6.02. The molecule has 3 heterocycles. The number of benzene rings is 1. The van der Waals surface area contributed by atoms with E-state index in [2.05, 4.69) is 29.9 Å². The highest BCUT2D eigenvalue weighted by Crippen LogP contribution is 2.25. The van der Waals surface area contributed by atoms with Crippen LogP contribution in [0, 0.1) is 11.3 Å². The Bertz CT molecular complexity index is 1190. The zero-order valence-corrected chi connectivity index (χ0v) is 20.7. The molecule has 0 unspecified atom stereocenters. The van der Waals surface area contributed by atoms with Gasteiger partial charge in [-0.05, 0) is 30.3 Å². The smallest absolute Gasteiger partial charge is 0.137 e. The standard InChI is InChI=1S/C19H15N5O.C6H14.C2H6/c1-24-18(8-13-4-5-14(25-2)10-21-13)23-17-11-22-16-6-3-12(9-20)7-15(16)19(17)24;1-3-5-6-4-2;1-2/h3-7,10-11H,8H2,1-2H3;3-6H2,1-2H3;1-2H3. The molecule has 0 saturated heterocycles. The average Bonchev–Trinajstić information content (AvgIpc) is 3.19. The molecule has 0 radical (unpaired) electrons. The number of imidazole rings is 1. The zero-order valence-electron chi connectivity index (χ0n) is 20.7. The van der Waals surface area contributed by atoms with Crippen molar-refractivity contribution in [3.63, 3.8) is 0 Å². The van der Waals surface area contributed by atoms with Crippen LogP contribution in [0.5, 0.6) is 5.75 Å². The third-order valence-corrected chi connectivity index (χ3v) is 5.25. The molecule has 33 heavy (non-hydrogen) atoms. The molecule has 0 amide bonds. The van der Waals surface area contributed by atoms with Crippen LogP contribution in [-0.4, -0.2) is 26.6 Å². The number of aromatic nitrogens is 4. The fourth-order valence-corrected chi connectivity index (χ4v) is 3.47. The second-order valence-corrected chi connectivity index (χ2v) is 7.50. The highest BCUT2D eigenvalue weighted by atomic mass is 16.5. The number of aryl methyl sites for hydroxylation is 1. The van der Waals surface area contributed by atoms with Crippen molar-refractivity contribution in [2.45, 2.75) is 59.8 Å².